The molecule has 0 fully saturated rings. The van der Waals surface area contributed by atoms with Crippen LogP contribution in [-0.4, -0.2) is 23.1 Å². The summed E-state index contributed by atoms with van der Waals surface area (Å²) in [5.41, 5.74) is 7.27. The van der Waals surface area contributed by atoms with Crippen LogP contribution in [0.5, 0.6) is 0 Å². The second-order valence-corrected chi connectivity index (χ2v) is 7.44. The zero-order valence-electron chi connectivity index (χ0n) is 13.8. The Morgan fingerprint density at radius 3 is 2.58 bits per heavy atom. The van der Waals surface area contributed by atoms with Crippen LogP contribution in [0.25, 0.3) is 23.1 Å². The average Bonchev–Trinajstić information content (AvgIpc) is 2.62. The number of nitrogens with zero attached hydrogens (tertiary/aromatic N) is 2. The molecule has 2 aromatic carbocycles. The summed E-state index contributed by atoms with van der Waals surface area (Å²) in [6.07, 6.45) is 4.52. The second kappa shape index (κ2) is 8.70. The molecular formula is C19H17Br2FN4. The minimum atomic E-state index is -0.259. The maximum absolute atomic E-state index is 13.0. The third-order valence-electron chi connectivity index (χ3n) is 3.70. The number of rotatable bonds is 6. The van der Waals surface area contributed by atoms with Crippen molar-refractivity contribution in [2.24, 2.45) is 5.73 Å². The number of hydrogen-bond acceptors (Lipinski definition) is 4. The SMILES string of the molecule is NCCCNc1nc(/C=C/c2ccc(F)cc2)nc2c(Br)cc(Br)cc12. The fourth-order valence-corrected chi connectivity index (χ4v) is 3.75. The summed E-state index contributed by atoms with van der Waals surface area (Å²) in [5.74, 6) is 1.06. The van der Waals surface area contributed by atoms with Crippen LogP contribution < -0.4 is 11.1 Å². The van der Waals surface area contributed by atoms with Crippen LogP contribution in [0.4, 0.5) is 10.2 Å². The van der Waals surface area contributed by atoms with Gasteiger partial charge in [0.15, 0.2) is 5.82 Å². The van der Waals surface area contributed by atoms with E-state index in [4.69, 9.17) is 5.73 Å². The molecule has 3 aromatic rings. The maximum atomic E-state index is 13.0. The molecule has 0 bridgehead atoms. The topological polar surface area (TPSA) is 63.8 Å². The van der Waals surface area contributed by atoms with E-state index in [-0.39, 0.29) is 5.82 Å². The Morgan fingerprint density at radius 2 is 1.85 bits per heavy atom. The van der Waals surface area contributed by atoms with E-state index < -0.39 is 0 Å². The molecule has 0 saturated carbocycles. The predicted octanol–water partition coefficient (Wildman–Crippen LogP) is 5.23. The van der Waals surface area contributed by atoms with Crippen LogP contribution in [0.15, 0.2) is 45.3 Å². The summed E-state index contributed by atoms with van der Waals surface area (Å²) in [6.45, 7) is 1.34. The van der Waals surface area contributed by atoms with Gasteiger partial charge < -0.3 is 11.1 Å². The Morgan fingerprint density at radius 1 is 1.08 bits per heavy atom. The van der Waals surface area contributed by atoms with E-state index in [1.807, 2.05) is 24.3 Å². The number of halogens is 3. The molecule has 134 valence electrons. The highest BCUT2D eigenvalue weighted by atomic mass is 79.9. The van der Waals surface area contributed by atoms with E-state index in [1.54, 1.807) is 12.1 Å². The Balaban J connectivity index is 2.00. The number of nitrogens with two attached hydrogens (primary N) is 1. The van der Waals surface area contributed by atoms with E-state index in [1.165, 1.54) is 12.1 Å². The predicted molar refractivity (Wildman–Crippen MR) is 112 cm³/mol. The minimum absolute atomic E-state index is 0.259. The minimum Gasteiger partial charge on any atom is -0.369 e. The average molecular weight is 480 g/mol. The van der Waals surface area contributed by atoms with Gasteiger partial charge >= 0.3 is 0 Å². The molecule has 0 saturated heterocycles. The fraction of sp³-hybridized carbons (Fsp3) is 0.158. The molecule has 0 unspecified atom stereocenters. The smallest absolute Gasteiger partial charge is 0.155 e. The van der Waals surface area contributed by atoms with Crippen LogP contribution in [0.3, 0.4) is 0 Å². The first kappa shape index (κ1) is 18.9. The van der Waals surface area contributed by atoms with Crippen molar-refractivity contribution in [1.82, 2.24) is 9.97 Å². The molecule has 0 atom stereocenters. The van der Waals surface area contributed by atoms with Gasteiger partial charge in [0, 0.05) is 20.9 Å². The Kier molecular flexibility index (Phi) is 6.34. The van der Waals surface area contributed by atoms with Crippen molar-refractivity contribution in [2.45, 2.75) is 6.42 Å². The van der Waals surface area contributed by atoms with E-state index in [0.29, 0.717) is 12.4 Å². The monoisotopic (exact) mass is 478 g/mol. The van der Waals surface area contributed by atoms with Crippen molar-refractivity contribution in [3.8, 4) is 0 Å². The summed E-state index contributed by atoms with van der Waals surface area (Å²) in [5, 5.41) is 4.25. The lowest BCUT2D eigenvalue weighted by Crippen LogP contribution is -2.10. The van der Waals surface area contributed by atoms with Crippen molar-refractivity contribution in [3.63, 3.8) is 0 Å². The summed E-state index contributed by atoms with van der Waals surface area (Å²) in [6, 6.07) is 10.2. The van der Waals surface area contributed by atoms with Gasteiger partial charge in [0.25, 0.3) is 0 Å². The van der Waals surface area contributed by atoms with Crippen LogP contribution in [0.1, 0.15) is 17.8 Å². The number of nitrogens with one attached hydrogen (secondary N) is 1. The molecule has 3 rings (SSSR count). The summed E-state index contributed by atoms with van der Waals surface area (Å²) in [4.78, 5) is 9.25. The summed E-state index contributed by atoms with van der Waals surface area (Å²) in [7, 11) is 0. The molecule has 0 aliphatic heterocycles. The fourth-order valence-electron chi connectivity index (χ4n) is 2.44. The van der Waals surface area contributed by atoms with Crippen molar-refractivity contribution in [2.75, 3.05) is 18.4 Å². The second-order valence-electron chi connectivity index (χ2n) is 5.67. The molecule has 0 spiro atoms. The Labute approximate surface area is 168 Å². The number of benzene rings is 2. The van der Waals surface area contributed by atoms with E-state index >= 15 is 0 Å². The lowest BCUT2D eigenvalue weighted by atomic mass is 10.2. The first-order valence-electron chi connectivity index (χ1n) is 8.11. The molecule has 0 amide bonds. The van der Waals surface area contributed by atoms with Crippen molar-refractivity contribution in [1.29, 1.82) is 0 Å². The highest BCUT2D eigenvalue weighted by Gasteiger charge is 2.10. The van der Waals surface area contributed by atoms with Gasteiger partial charge in [-0.25, -0.2) is 14.4 Å². The molecule has 1 heterocycles. The molecule has 0 aliphatic carbocycles. The number of aromatic nitrogens is 2. The molecule has 26 heavy (non-hydrogen) atoms. The standard InChI is InChI=1S/C19H17Br2FN4/c20-13-10-15-18(16(21)11-13)25-17(26-19(15)24-9-1-8-23)7-4-12-2-5-14(22)6-3-12/h2-7,10-11H,1,8-9,23H2,(H,24,25,26)/b7-4+. The zero-order valence-corrected chi connectivity index (χ0v) is 17.0. The van der Waals surface area contributed by atoms with Crippen molar-refractivity contribution < 1.29 is 4.39 Å². The normalized spacial score (nSPS) is 11.4. The van der Waals surface area contributed by atoms with Crippen molar-refractivity contribution >= 4 is 60.7 Å². The van der Waals surface area contributed by atoms with Gasteiger partial charge in [0.2, 0.25) is 0 Å². The Bertz CT molecular complexity index is 942. The lowest BCUT2D eigenvalue weighted by Gasteiger charge is -2.11. The van der Waals surface area contributed by atoms with Gasteiger partial charge in [0.05, 0.1) is 5.52 Å². The molecule has 4 nitrogen and oxygen atoms in total. The molecule has 7 heteroatoms. The van der Waals surface area contributed by atoms with Gasteiger partial charge in [-0.3, -0.25) is 0 Å². The van der Waals surface area contributed by atoms with E-state index in [0.717, 1.165) is 44.2 Å². The van der Waals surface area contributed by atoms with Gasteiger partial charge in [-0.05, 0) is 64.8 Å². The molecule has 3 N–H and O–H groups in total. The van der Waals surface area contributed by atoms with Gasteiger partial charge in [-0.15, -0.1) is 0 Å². The van der Waals surface area contributed by atoms with Gasteiger partial charge in [-0.2, -0.15) is 0 Å². The van der Waals surface area contributed by atoms with E-state index in [9.17, 15) is 4.39 Å². The molecule has 0 radical (unpaired) electrons. The summed E-state index contributed by atoms with van der Waals surface area (Å²) < 4.78 is 14.8. The lowest BCUT2D eigenvalue weighted by molar-refractivity contribution is 0.628. The van der Waals surface area contributed by atoms with Crippen LogP contribution in [0.2, 0.25) is 0 Å². The van der Waals surface area contributed by atoms with Gasteiger partial charge in [0.1, 0.15) is 11.6 Å². The quantitative estimate of drug-likeness (QED) is 0.475. The Hall–Kier alpha value is -1.83. The maximum Gasteiger partial charge on any atom is 0.155 e. The van der Waals surface area contributed by atoms with Crippen LogP contribution >= 0.6 is 31.9 Å². The third kappa shape index (κ3) is 4.66. The number of anilines is 1. The largest absolute Gasteiger partial charge is 0.369 e. The summed E-state index contributed by atoms with van der Waals surface area (Å²) >= 11 is 7.08. The first-order chi connectivity index (χ1) is 12.6. The third-order valence-corrected chi connectivity index (χ3v) is 4.77. The van der Waals surface area contributed by atoms with Gasteiger partial charge in [-0.1, -0.05) is 34.1 Å². The van der Waals surface area contributed by atoms with E-state index in [2.05, 4.69) is 47.1 Å². The highest BCUT2D eigenvalue weighted by Crippen LogP contribution is 2.31. The number of hydrogen-bond donors (Lipinski definition) is 2. The van der Waals surface area contributed by atoms with Crippen LogP contribution in [0, 0.1) is 5.82 Å². The molecular weight excluding hydrogens is 463 g/mol. The molecule has 0 aliphatic rings. The first-order valence-corrected chi connectivity index (χ1v) is 9.70. The number of fused-ring (bicyclic) bond motifs is 1. The zero-order chi connectivity index (χ0) is 18.5. The molecule has 1 aromatic heterocycles. The van der Waals surface area contributed by atoms with Crippen molar-refractivity contribution in [3.05, 3.63) is 62.5 Å². The highest BCUT2D eigenvalue weighted by molar-refractivity contribution is 9.11. The van der Waals surface area contributed by atoms with Crippen LogP contribution in [-0.2, 0) is 0 Å².